The van der Waals surface area contributed by atoms with E-state index < -0.39 is 22.3 Å². The van der Waals surface area contributed by atoms with E-state index in [0.717, 1.165) is 48.7 Å². The number of amides is 1. The molecule has 1 amide bonds. The number of aromatic nitrogens is 2. The van der Waals surface area contributed by atoms with Gasteiger partial charge in [-0.2, -0.15) is 4.39 Å². The van der Waals surface area contributed by atoms with Gasteiger partial charge in [0.25, 0.3) is 5.56 Å². The highest BCUT2D eigenvalue weighted by atomic mass is 32.2. The Morgan fingerprint density at radius 3 is 2.79 bits per heavy atom. The molecule has 34 heavy (non-hydrogen) atoms. The molecule has 0 fully saturated rings. The number of anilines is 1. The fourth-order valence-electron chi connectivity index (χ4n) is 3.98. The van der Waals surface area contributed by atoms with Gasteiger partial charge in [0.2, 0.25) is 11.7 Å². The van der Waals surface area contributed by atoms with Gasteiger partial charge in [0.15, 0.2) is 5.16 Å². The summed E-state index contributed by atoms with van der Waals surface area (Å²) in [7, 11) is 0. The lowest BCUT2D eigenvalue weighted by Crippen LogP contribution is -2.23. The highest BCUT2D eigenvalue weighted by Crippen LogP contribution is 2.36. The van der Waals surface area contributed by atoms with Crippen LogP contribution in [-0.4, -0.2) is 26.1 Å². The molecule has 5 rings (SSSR count). The summed E-state index contributed by atoms with van der Waals surface area (Å²) >= 11 is 2.61. The van der Waals surface area contributed by atoms with Crippen molar-refractivity contribution >= 4 is 50.6 Å². The minimum absolute atomic E-state index is 0.0962. The van der Waals surface area contributed by atoms with Gasteiger partial charge in [-0.25, -0.2) is 4.98 Å². The smallest absolute Gasteiger partial charge is 0.306 e. The molecule has 2 aromatic carbocycles. The minimum atomic E-state index is -0.982. The maximum Gasteiger partial charge on any atom is 0.306 e. The predicted molar refractivity (Wildman–Crippen MR) is 130 cm³/mol. The number of fused-ring (bicyclic) bond motifs is 3. The third-order valence-electron chi connectivity index (χ3n) is 5.48. The number of aryl methyl sites for hydroxylation is 2. The Hall–Kier alpha value is -3.57. The first-order valence-electron chi connectivity index (χ1n) is 10.4. The van der Waals surface area contributed by atoms with E-state index in [9.17, 15) is 24.1 Å². The first-order valence-corrected chi connectivity index (χ1v) is 12.2. The van der Waals surface area contributed by atoms with E-state index in [0.29, 0.717) is 21.1 Å². The molecule has 1 aliphatic rings. The third kappa shape index (κ3) is 4.08. The lowest BCUT2D eigenvalue weighted by atomic mass is 10.2. The van der Waals surface area contributed by atoms with Crippen LogP contribution in [0.15, 0.2) is 58.5 Å². The van der Waals surface area contributed by atoms with Crippen molar-refractivity contribution < 1.29 is 14.1 Å². The highest BCUT2D eigenvalue weighted by Gasteiger charge is 2.24. The SMILES string of the molecule is O=C(CSc1nc2sc3c(c2c(=O)n1-c1ccccc1)CCC3)Nc1ccc(F)c([N+](=O)[O-])c1. The van der Waals surface area contributed by atoms with Crippen LogP contribution in [0.2, 0.25) is 0 Å². The van der Waals surface area contributed by atoms with Crippen molar-refractivity contribution in [2.75, 3.05) is 11.1 Å². The highest BCUT2D eigenvalue weighted by molar-refractivity contribution is 7.99. The number of carbonyl (C=O) groups is 1. The maximum absolute atomic E-state index is 13.6. The van der Waals surface area contributed by atoms with E-state index >= 15 is 0 Å². The van der Waals surface area contributed by atoms with Crippen LogP contribution in [-0.2, 0) is 17.6 Å². The van der Waals surface area contributed by atoms with Gasteiger partial charge < -0.3 is 5.32 Å². The monoisotopic (exact) mass is 496 g/mol. The number of hydrogen-bond donors (Lipinski definition) is 1. The number of nitrogens with one attached hydrogen (secondary N) is 1. The summed E-state index contributed by atoms with van der Waals surface area (Å²) in [5.74, 6) is -1.54. The number of nitro benzene ring substituents is 1. The van der Waals surface area contributed by atoms with Gasteiger partial charge in [0, 0.05) is 16.6 Å². The second kappa shape index (κ2) is 8.99. The third-order valence-corrected chi connectivity index (χ3v) is 7.61. The molecule has 2 aromatic heterocycles. The number of para-hydroxylation sites is 1. The number of hydrogen-bond acceptors (Lipinski definition) is 7. The Bertz CT molecular complexity index is 1500. The van der Waals surface area contributed by atoms with E-state index in [-0.39, 0.29) is 17.0 Å². The van der Waals surface area contributed by atoms with Gasteiger partial charge in [-0.15, -0.1) is 11.3 Å². The van der Waals surface area contributed by atoms with Gasteiger partial charge in [-0.1, -0.05) is 30.0 Å². The number of rotatable bonds is 6. The number of carbonyl (C=O) groups excluding carboxylic acids is 1. The van der Waals surface area contributed by atoms with Crippen molar-refractivity contribution in [3.63, 3.8) is 0 Å². The van der Waals surface area contributed by atoms with Crippen LogP contribution in [0.1, 0.15) is 16.9 Å². The standard InChI is InChI=1S/C23H17FN4O4S2/c24-16-10-9-13(11-17(16)28(31)32)25-19(29)12-33-23-26-21-20(15-7-4-8-18(15)34-21)22(30)27(23)14-5-2-1-3-6-14/h1-3,5-6,9-11H,4,7-8,12H2,(H,25,29). The van der Waals surface area contributed by atoms with Gasteiger partial charge >= 0.3 is 5.69 Å². The predicted octanol–water partition coefficient (Wildman–Crippen LogP) is 4.71. The maximum atomic E-state index is 13.6. The molecule has 1 aliphatic carbocycles. The number of halogens is 1. The summed E-state index contributed by atoms with van der Waals surface area (Å²) < 4.78 is 15.1. The average molecular weight is 497 g/mol. The summed E-state index contributed by atoms with van der Waals surface area (Å²) in [4.78, 5) is 42.8. The van der Waals surface area contributed by atoms with Crippen molar-refractivity contribution in [1.82, 2.24) is 9.55 Å². The molecule has 0 spiro atoms. The second-order valence-corrected chi connectivity index (χ2v) is 9.69. The van der Waals surface area contributed by atoms with Crippen LogP contribution >= 0.6 is 23.1 Å². The molecule has 8 nitrogen and oxygen atoms in total. The number of thioether (sulfide) groups is 1. The van der Waals surface area contributed by atoms with Crippen LogP contribution in [0.25, 0.3) is 15.9 Å². The zero-order chi connectivity index (χ0) is 23.8. The summed E-state index contributed by atoms with van der Waals surface area (Å²) in [5.41, 5.74) is 0.956. The molecule has 0 saturated heterocycles. The fourth-order valence-corrected chi connectivity index (χ4v) is 6.10. The molecule has 0 unspecified atom stereocenters. The molecule has 0 saturated carbocycles. The Balaban J connectivity index is 1.46. The van der Waals surface area contributed by atoms with Crippen molar-refractivity contribution in [2.45, 2.75) is 24.4 Å². The van der Waals surface area contributed by atoms with Gasteiger partial charge in [0.1, 0.15) is 4.83 Å². The van der Waals surface area contributed by atoms with Crippen LogP contribution in [0, 0.1) is 15.9 Å². The van der Waals surface area contributed by atoms with E-state index in [2.05, 4.69) is 5.32 Å². The first kappa shape index (κ1) is 22.2. The van der Waals surface area contributed by atoms with E-state index in [1.807, 2.05) is 30.3 Å². The quantitative estimate of drug-likeness (QED) is 0.179. The van der Waals surface area contributed by atoms with Gasteiger partial charge in [-0.05, 0) is 49.1 Å². The van der Waals surface area contributed by atoms with Crippen molar-refractivity contribution in [2.24, 2.45) is 0 Å². The molecular weight excluding hydrogens is 479 g/mol. The number of benzene rings is 2. The van der Waals surface area contributed by atoms with Crippen LogP contribution in [0.3, 0.4) is 0 Å². The van der Waals surface area contributed by atoms with Crippen molar-refractivity contribution in [1.29, 1.82) is 0 Å². The van der Waals surface area contributed by atoms with Crippen LogP contribution in [0.4, 0.5) is 15.8 Å². The summed E-state index contributed by atoms with van der Waals surface area (Å²) in [5, 5.41) is 14.5. The molecule has 2 heterocycles. The topological polar surface area (TPSA) is 107 Å². The Kier molecular flexibility index (Phi) is 5.88. The number of nitro groups is 1. The molecule has 0 radical (unpaired) electrons. The van der Waals surface area contributed by atoms with E-state index in [1.54, 1.807) is 0 Å². The van der Waals surface area contributed by atoms with Gasteiger partial charge in [-0.3, -0.25) is 24.3 Å². The molecule has 0 bridgehead atoms. The van der Waals surface area contributed by atoms with Crippen molar-refractivity contribution in [3.8, 4) is 5.69 Å². The average Bonchev–Trinajstić information content (AvgIpc) is 3.40. The normalized spacial score (nSPS) is 12.6. The molecule has 0 aliphatic heterocycles. The van der Waals surface area contributed by atoms with Crippen LogP contribution in [0.5, 0.6) is 0 Å². The van der Waals surface area contributed by atoms with Crippen molar-refractivity contribution in [3.05, 3.63) is 85.3 Å². The Labute approximate surface area is 200 Å². The first-order chi connectivity index (χ1) is 16.4. The lowest BCUT2D eigenvalue weighted by Gasteiger charge is -2.12. The molecule has 4 aromatic rings. The van der Waals surface area contributed by atoms with Crippen LogP contribution < -0.4 is 10.9 Å². The molecule has 11 heteroatoms. The van der Waals surface area contributed by atoms with Gasteiger partial charge in [0.05, 0.1) is 21.7 Å². The molecule has 0 atom stereocenters. The summed E-state index contributed by atoms with van der Waals surface area (Å²) in [6.07, 6.45) is 2.83. The van der Waals surface area contributed by atoms with E-state index in [4.69, 9.17) is 4.98 Å². The number of nitrogens with zero attached hydrogens (tertiary/aromatic N) is 3. The summed E-state index contributed by atoms with van der Waals surface area (Å²) in [6, 6.07) is 12.3. The molecular formula is C23H17FN4O4S2. The molecule has 1 N–H and O–H groups in total. The second-order valence-electron chi connectivity index (χ2n) is 7.67. The largest absolute Gasteiger partial charge is 0.325 e. The zero-order valence-corrected chi connectivity index (χ0v) is 19.2. The fraction of sp³-hybridized carbons (Fsp3) is 0.174. The molecule has 172 valence electrons. The summed E-state index contributed by atoms with van der Waals surface area (Å²) in [6.45, 7) is 0. The zero-order valence-electron chi connectivity index (χ0n) is 17.6. The minimum Gasteiger partial charge on any atom is -0.325 e. The Morgan fingerprint density at radius 2 is 2.03 bits per heavy atom. The van der Waals surface area contributed by atoms with E-state index in [1.165, 1.54) is 26.8 Å². The lowest BCUT2D eigenvalue weighted by molar-refractivity contribution is -0.387. The Morgan fingerprint density at radius 1 is 1.24 bits per heavy atom. The number of thiophene rings is 1.